The van der Waals surface area contributed by atoms with Gasteiger partial charge in [0.05, 0.1) is 14.7 Å². The second-order valence-electron chi connectivity index (χ2n) is 4.83. The Balaban J connectivity index is 2.45. The minimum absolute atomic E-state index is 0.0717. The molecule has 0 radical (unpaired) electrons. The van der Waals surface area contributed by atoms with Crippen LogP contribution in [0.25, 0.3) is 0 Å². The Kier molecular flexibility index (Phi) is 5.97. The van der Waals surface area contributed by atoms with Gasteiger partial charge in [-0.2, -0.15) is 4.31 Å². The lowest BCUT2D eigenvalue weighted by molar-refractivity contribution is -0.388. The quantitative estimate of drug-likeness (QED) is 0.533. The van der Waals surface area contributed by atoms with Crippen LogP contribution in [0.1, 0.15) is 19.5 Å². The van der Waals surface area contributed by atoms with Gasteiger partial charge >= 0.3 is 0 Å². The largest absolute Gasteiger partial charge is 0.284 e. The highest BCUT2D eigenvalue weighted by molar-refractivity contribution is 8.01. The number of aromatic nitrogens is 1. The van der Waals surface area contributed by atoms with Crippen LogP contribution in [-0.4, -0.2) is 35.7 Å². The molecule has 2 rings (SSSR count). The first-order valence-corrected chi connectivity index (χ1v) is 10.3. The molecule has 130 valence electrons. The molecule has 10 heteroatoms. The van der Waals surface area contributed by atoms with Crippen LogP contribution in [0.15, 0.2) is 37.7 Å². The summed E-state index contributed by atoms with van der Waals surface area (Å²) < 4.78 is 27.0. The Labute approximate surface area is 148 Å². The van der Waals surface area contributed by atoms with Crippen molar-refractivity contribution in [2.24, 2.45) is 0 Å². The van der Waals surface area contributed by atoms with Gasteiger partial charge in [-0.15, -0.1) is 11.3 Å². The minimum atomic E-state index is -3.74. The van der Waals surface area contributed by atoms with E-state index in [4.69, 9.17) is 0 Å². The van der Waals surface area contributed by atoms with E-state index in [9.17, 15) is 18.5 Å². The van der Waals surface area contributed by atoms with Crippen LogP contribution < -0.4 is 0 Å². The Hall–Kier alpha value is -1.49. The fourth-order valence-electron chi connectivity index (χ4n) is 2.07. The van der Waals surface area contributed by atoms with Crippen LogP contribution in [0.4, 0.5) is 5.69 Å². The third kappa shape index (κ3) is 3.94. The Bertz CT molecular complexity index is 845. The summed E-state index contributed by atoms with van der Waals surface area (Å²) in [6.45, 7) is 5.91. The van der Waals surface area contributed by atoms with Gasteiger partial charge in [0.1, 0.15) is 0 Å². The van der Waals surface area contributed by atoms with Gasteiger partial charge in [-0.1, -0.05) is 25.6 Å². The highest BCUT2D eigenvalue weighted by atomic mass is 32.2. The predicted octanol–water partition coefficient (Wildman–Crippen LogP) is 3.54. The number of benzene rings is 1. The number of aryl methyl sites for hydroxylation is 1. The molecule has 0 amide bonds. The molecule has 0 N–H and O–H groups in total. The van der Waals surface area contributed by atoms with Gasteiger partial charge in [-0.3, -0.25) is 10.1 Å². The average Bonchev–Trinajstić information content (AvgIpc) is 2.93. The van der Waals surface area contributed by atoms with E-state index in [1.165, 1.54) is 27.8 Å². The summed E-state index contributed by atoms with van der Waals surface area (Å²) in [5, 5.41) is 13.2. The molecule has 0 saturated carbocycles. The average molecular weight is 388 g/mol. The number of thiazole rings is 1. The lowest BCUT2D eigenvalue weighted by atomic mass is 10.3. The molecule has 0 atom stereocenters. The molecule has 0 unspecified atom stereocenters. The summed E-state index contributed by atoms with van der Waals surface area (Å²) in [6, 6.07) is 4.00. The van der Waals surface area contributed by atoms with Gasteiger partial charge in [0, 0.05) is 30.2 Å². The molecule has 2 aromatic rings. The van der Waals surface area contributed by atoms with Gasteiger partial charge in [-0.25, -0.2) is 13.4 Å². The zero-order valence-corrected chi connectivity index (χ0v) is 15.9. The van der Waals surface area contributed by atoms with Crippen LogP contribution in [-0.2, 0) is 10.0 Å². The van der Waals surface area contributed by atoms with Crippen molar-refractivity contribution in [1.82, 2.24) is 9.29 Å². The molecule has 0 fully saturated rings. The molecule has 1 aromatic carbocycles. The maximum Gasteiger partial charge on any atom is 0.284 e. The highest BCUT2D eigenvalue weighted by Gasteiger charge is 2.26. The predicted molar refractivity (Wildman–Crippen MR) is 94.2 cm³/mol. The molecular weight excluding hydrogens is 370 g/mol. The molecule has 0 aliphatic carbocycles. The molecule has 0 aliphatic heterocycles. The summed E-state index contributed by atoms with van der Waals surface area (Å²) in [5.41, 5.74) is 0.604. The van der Waals surface area contributed by atoms with Crippen LogP contribution in [0.5, 0.6) is 0 Å². The second kappa shape index (κ2) is 7.60. The smallest absolute Gasteiger partial charge is 0.258 e. The van der Waals surface area contributed by atoms with E-state index in [0.29, 0.717) is 22.3 Å². The number of nitro benzene ring substituents is 1. The van der Waals surface area contributed by atoms with Gasteiger partial charge in [-0.05, 0) is 19.1 Å². The van der Waals surface area contributed by atoms with Crippen LogP contribution in [0.3, 0.4) is 0 Å². The first-order chi connectivity index (χ1) is 11.3. The first-order valence-electron chi connectivity index (χ1n) is 7.18. The summed E-state index contributed by atoms with van der Waals surface area (Å²) in [5.74, 6) is 0. The molecule has 24 heavy (non-hydrogen) atoms. The number of hydrogen-bond acceptors (Lipinski definition) is 7. The van der Waals surface area contributed by atoms with Gasteiger partial charge < -0.3 is 0 Å². The van der Waals surface area contributed by atoms with Gasteiger partial charge in [0.25, 0.3) is 5.69 Å². The maximum atomic E-state index is 12.5. The standard InChI is InChI=1S/C14H17N3O4S3/c1-4-16(5-2)24(20,21)11-6-7-13(12(8-11)17(18)19)23-14-15-10(3)9-22-14/h6-9H,4-5H2,1-3H3. The van der Waals surface area contributed by atoms with E-state index >= 15 is 0 Å². The summed E-state index contributed by atoms with van der Waals surface area (Å²) in [4.78, 5) is 15.4. The van der Waals surface area contributed by atoms with Crippen molar-refractivity contribution in [3.05, 3.63) is 39.4 Å². The van der Waals surface area contributed by atoms with E-state index < -0.39 is 14.9 Å². The number of hydrogen-bond donors (Lipinski definition) is 0. The third-order valence-electron chi connectivity index (χ3n) is 3.27. The van der Waals surface area contributed by atoms with Crippen molar-refractivity contribution in [1.29, 1.82) is 0 Å². The van der Waals surface area contributed by atoms with Gasteiger partial charge in [0.15, 0.2) is 4.34 Å². The fraction of sp³-hybridized carbons (Fsp3) is 0.357. The number of nitro groups is 1. The molecule has 0 bridgehead atoms. The van der Waals surface area contributed by atoms with Crippen LogP contribution in [0.2, 0.25) is 0 Å². The Morgan fingerprint density at radius 2 is 2.00 bits per heavy atom. The lowest BCUT2D eigenvalue weighted by Crippen LogP contribution is -2.30. The van der Waals surface area contributed by atoms with Crippen molar-refractivity contribution < 1.29 is 13.3 Å². The van der Waals surface area contributed by atoms with E-state index in [-0.39, 0.29) is 10.6 Å². The van der Waals surface area contributed by atoms with Gasteiger partial charge in [0.2, 0.25) is 10.0 Å². The van der Waals surface area contributed by atoms with Crippen molar-refractivity contribution in [3.8, 4) is 0 Å². The number of rotatable bonds is 7. The normalized spacial score (nSPS) is 11.8. The maximum absolute atomic E-state index is 12.5. The topological polar surface area (TPSA) is 93.4 Å². The molecular formula is C14H17N3O4S3. The van der Waals surface area contributed by atoms with Crippen LogP contribution >= 0.6 is 23.1 Å². The SMILES string of the molecule is CCN(CC)S(=O)(=O)c1ccc(Sc2nc(C)cs2)c([N+](=O)[O-])c1. The fourth-order valence-corrected chi connectivity index (χ4v) is 5.43. The summed E-state index contributed by atoms with van der Waals surface area (Å²) in [6.07, 6.45) is 0. The van der Waals surface area contributed by atoms with E-state index in [2.05, 4.69) is 4.98 Å². The summed E-state index contributed by atoms with van der Waals surface area (Å²) >= 11 is 2.55. The van der Waals surface area contributed by atoms with Crippen LogP contribution in [0, 0.1) is 17.0 Å². The monoisotopic (exact) mass is 387 g/mol. The summed E-state index contributed by atoms with van der Waals surface area (Å²) in [7, 11) is -3.74. The van der Waals surface area contributed by atoms with E-state index in [1.54, 1.807) is 13.8 Å². The Morgan fingerprint density at radius 3 is 2.50 bits per heavy atom. The number of nitrogens with zero attached hydrogens (tertiary/aromatic N) is 3. The van der Waals surface area contributed by atoms with Crippen molar-refractivity contribution in [3.63, 3.8) is 0 Å². The number of sulfonamides is 1. The molecule has 1 heterocycles. The highest BCUT2D eigenvalue weighted by Crippen LogP contribution is 2.37. The molecule has 0 spiro atoms. The zero-order valence-electron chi connectivity index (χ0n) is 13.4. The zero-order chi connectivity index (χ0) is 17.9. The molecule has 1 aromatic heterocycles. The van der Waals surface area contributed by atoms with E-state index in [0.717, 1.165) is 23.5 Å². The van der Waals surface area contributed by atoms with Crippen molar-refractivity contribution in [2.75, 3.05) is 13.1 Å². The second-order valence-corrected chi connectivity index (χ2v) is 8.92. The third-order valence-corrected chi connectivity index (χ3v) is 7.43. The lowest BCUT2D eigenvalue weighted by Gasteiger charge is -2.18. The first kappa shape index (κ1) is 18.8. The van der Waals surface area contributed by atoms with Crippen molar-refractivity contribution in [2.45, 2.75) is 34.9 Å². The van der Waals surface area contributed by atoms with E-state index in [1.807, 2.05) is 12.3 Å². The molecule has 0 saturated heterocycles. The Morgan fingerprint density at radius 1 is 1.33 bits per heavy atom. The van der Waals surface area contributed by atoms with Crippen molar-refractivity contribution >= 4 is 38.8 Å². The molecule has 0 aliphatic rings. The minimum Gasteiger partial charge on any atom is -0.258 e. The molecule has 7 nitrogen and oxygen atoms in total.